The van der Waals surface area contributed by atoms with Gasteiger partial charge in [-0.25, -0.2) is 4.98 Å². The van der Waals surface area contributed by atoms with Crippen LogP contribution in [0.4, 0.5) is 0 Å². The first-order valence-corrected chi connectivity index (χ1v) is 11.0. The Labute approximate surface area is 157 Å². The van der Waals surface area contributed by atoms with Crippen LogP contribution in [0.2, 0.25) is 0 Å². The topological polar surface area (TPSA) is 36.4 Å². The number of thiazole rings is 1. The van der Waals surface area contributed by atoms with Gasteiger partial charge in [0, 0.05) is 38.0 Å². The SMILES string of the molecule is O=C(CC1CCCC1)N1CCN(Cc2nc(-c3cccs3)cs2)CC1. The highest BCUT2D eigenvalue weighted by Crippen LogP contribution is 2.29. The summed E-state index contributed by atoms with van der Waals surface area (Å²) in [6.45, 7) is 4.57. The van der Waals surface area contributed by atoms with E-state index >= 15 is 0 Å². The van der Waals surface area contributed by atoms with Gasteiger partial charge in [-0.05, 0) is 30.2 Å². The average Bonchev–Trinajstić information content (AvgIpc) is 3.38. The first-order valence-electron chi connectivity index (χ1n) is 9.26. The van der Waals surface area contributed by atoms with Crippen LogP contribution < -0.4 is 0 Å². The summed E-state index contributed by atoms with van der Waals surface area (Å²) in [6.07, 6.45) is 5.90. The van der Waals surface area contributed by atoms with Crippen molar-refractivity contribution < 1.29 is 4.79 Å². The fourth-order valence-electron chi connectivity index (χ4n) is 3.86. The van der Waals surface area contributed by atoms with E-state index in [9.17, 15) is 4.79 Å². The highest BCUT2D eigenvalue weighted by atomic mass is 32.1. The molecule has 25 heavy (non-hydrogen) atoms. The molecule has 0 spiro atoms. The lowest BCUT2D eigenvalue weighted by Crippen LogP contribution is -2.48. The zero-order chi connectivity index (χ0) is 17.1. The van der Waals surface area contributed by atoms with Crippen molar-refractivity contribution >= 4 is 28.6 Å². The molecule has 6 heteroatoms. The number of carbonyl (C=O) groups excluding carboxylic acids is 1. The molecule has 2 fully saturated rings. The molecule has 0 unspecified atom stereocenters. The molecule has 2 aliphatic rings. The van der Waals surface area contributed by atoms with Crippen LogP contribution in [0.5, 0.6) is 0 Å². The third-order valence-electron chi connectivity index (χ3n) is 5.35. The molecular weight excluding hydrogens is 350 g/mol. The van der Waals surface area contributed by atoms with E-state index < -0.39 is 0 Å². The first kappa shape index (κ1) is 17.2. The Hall–Kier alpha value is -1.24. The van der Waals surface area contributed by atoms with Crippen LogP contribution in [0, 0.1) is 5.92 Å². The van der Waals surface area contributed by atoms with Crippen molar-refractivity contribution in [1.29, 1.82) is 0 Å². The molecule has 1 aliphatic heterocycles. The van der Waals surface area contributed by atoms with Gasteiger partial charge in [-0.15, -0.1) is 22.7 Å². The number of thiophene rings is 1. The van der Waals surface area contributed by atoms with Crippen LogP contribution in [0.15, 0.2) is 22.9 Å². The van der Waals surface area contributed by atoms with Crippen molar-refractivity contribution in [3.63, 3.8) is 0 Å². The molecule has 3 heterocycles. The number of hydrogen-bond donors (Lipinski definition) is 0. The van der Waals surface area contributed by atoms with Gasteiger partial charge in [0.1, 0.15) is 5.01 Å². The number of rotatable bonds is 5. The lowest BCUT2D eigenvalue weighted by Gasteiger charge is -2.34. The highest BCUT2D eigenvalue weighted by molar-refractivity contribution is 7.14. The van der Waals surface area contributed by atoms with E-state index in [0.717, 1.165) is 44.8 Å². The maximum absolute atomic E-state index is 12.5. The maximum atomic E-state index is 12.5. The third kappa shape index (κ3) is 4.30. The molecule has 4 rings (SSSR count). The molecule has 0 atom stereocenters. The van der Waals surface area contributed by atoms with Gasteiger partial charge in [-0.1, -0.05) is 18.9 Å². The standard InChI is InChI=1S/C19H25N3OS2/c23-19(12-15-4-1-2-5-15)22-9-7-21(8-10-22)13-18-20-16(14-25-18)17-6-3-11-24-17/h3,6,11,14-15H,1-2,4-5,7-10,12-13H2. The van der Waals surface area contributed by atoms with Gasteiger partial charge in [-0.3, -0.25) is 9.69 Å². The second-order valence-corrected chi connectivity index (χ2v) is 9.01. The monoisotopic (exact) mass is 375 g/mol. The second kappa shape index (κ2) is 7.98. The van der Waals surface area contributed by atoms with Gasteiger partial charge < -0.3 is 4.90 Å². The highest BCUT2D eigenvalue weighted by Gasteiger charge is 2.25. The minimum Gasteiger partial charge on any atom is -0.340 e. The van der Waals surface area contributed by atoms with Gasteiger partial charge in [0.15, 0.2) is 0 Å². The van der Waals surface area contributed by atoms with E-state index in [-0.39, 0.29) is 0 Å². The number of aromatic nitrogens is 1. The molecule has 4 nitrogen and oxygen atoms in total. The molecule has 1 aliphatic carbocycles. The fraction of sp³-hybridized carbons (Fsp3) is 0.579. The van der Waals surface area contributed by atoms with E-state index in [4.69, 9.17) is 4.98 Å². The smallest absolute Gasteiger partial charge is 0.222 e. The molecule has 2 aromatic heterocycles. The molecule has 1 amide bonds. The van der Waals surface area contributed by atoms with Gasteiger partial charge in [-0.2, -0.15) is 0 Å². The summed E-state index contributed by atoms with van der Waals surface area (Å²) in [5.41, 5.74) is 1.10. The van der Waals surface area contributed by atoms with Crippen molar-refractivity contribution in [3.05, 3.63) is 27.9 Å². The van der Waals surface area contributed by atoms with E-state index in [2.05, 4.69) is 32.7 Å². The van der Waals surface area contributed by atoms with Crippen LogP contribution in [0.3, 0.4) is 0 Å². The number of piperazine rings is 1. The molecule has 1 saturated carbocycles. The maximum Gasteiger partial charge on any atom is 0.222 e. The summed E-state index contributed by atoms with van der Waals surface area (Å²) >= 11 is 3.48. The summed E-state index contributed by atoms with van der Waals surface area (Å²) in [4.78, 5) is 23.0. The minimum atomic E-state index is 0.376. The van der Waals surface area contributed by atoms with Crippen molar-refractivity contribution in [3.8, 4) is 10.6 Å². The predicted octanol–water partition coefficient (Wildman–Crippen LogP) is 4.10. The van der Waals surface area contributed by atoms with Gasteiger partial charge >= 0.3 is 0 Å². The molecule has 0 radical (unpaired) electrons. The summed E-state index contributed by atoms with van der Waals surface area (Å²) in [6, 6.07) is 4.19. The normalized spacial score (nSPS) is 19.6. The summed E-state index contributed by atoms with van der Waals surface area (Å²) < 4.78 is 0. The van der Waals surface area contributed by atoms with E-state index in [1.165, 1.54) is 35.6 Å². The summed E-state index contributed by atoms with van der Waals surface area (Å²) in [5, 5.41) is 5.42. The van der Waals surface area contributed by atoms with Crippen molar-refractivity contribution in [1.82, 2.24) is 14.8 Å². The van der Waals surface area contributed by atoms with Crippen LogP contribution in [-0.2, 0) is 11.3 Å². The lowest BCUT2D eigenvalue weighted by molar-refractivity contribution is -0.134. The molecule has 0 aromatic carbocycles. The Kier molecular flexibility index (Phi) is 5.48. The Morgan fingerprint density at radius 3 is 2.68 bits per heavy atom. The summed E-state index contributed by atoms with van der Waals surface area (Å²) in [7, 11) is 0. The molecule has 0 bridgehead atoms. The van der Waals surface area contributed by atoms with Crippen LogP contribution in [-0.4, -0.2) is 46.9 Å². The number of carbonyl (C=O) groups is 1. The van der Waals surface area contributed by atoms with E-state index in [1.54, 1.807) is 22.7 Å². The van der Waals surface area contributed by atoms with Crippen LogP contribution in [0.1, 0.15) is 37.1 Å². The Morgan fingerprint density at radius 1 is 1.16 bits per heavy atom. The van der Waals surface area contributed by atoms with Gasteiger partial charge in [0.05, 0.1) is 17.1 Å². The van der Waals surface area contributed by atoms with E-state index in [1.807, 2.05) is 0 Å². The molecular formula is C19H25N3OS2. The largest absolute Gasteiger partial charge is 0.340 e. The second-order valence-electron chi connectivity index (χ2n) is 7.12. The first-order chi connectivity index (χ1) is 12.3. The number of nitrogens with zero attached hydrogens (tertiary/aromatic N) is 3. The number of hydrogen-bond acceptors (Lipinski definition) is 5. The molecule has 0 N–H and O–H groups in total. The van der Waals surface area contributed by atoms with Crippen LogP contribution in [0.25, 0.3) is 10.6 Å². The quantitative estimate of drug-likeness (QED) is 0.789. The van der Waals surface area contributed by atoms with Crippen molar-refractivity contribution in [2.24, 2.45) is 5.92 Å². The van der Waals surface area contributed by atoms with Gasteiger partial charge in [0.2, 0.25) is 5.91 Å². The van der Waals surface area contributed by atoms with E-state index in [0.29, 0.717) is 11.8 Å². The molecule has 134 valence electrons. The predicted molar refractivity (Wildman–Crippen MR) is 104 cm³/mol. The molecule has 2 aromatic rings. The average molecular weight is 376 g/mol. The van der Waals surface area contributed by atoms with Gasteiger partial charge in [0.25, 0.3) is 0 Å². The Balaban J connectivity index is 1.25. The fourth-order valence-corrected chi connectivity index (χ4v) is 5.45. The zero-order valence-corrected chi connectivity index (χ0v) is 16.2. The van der Waals surface area contributed by atoms with Crippen molar-refractivity contribution in [2.45, 2.75) is 38.6 Å². The number of amides is 1. The molecule has 1 saturated heterocycles. The zero-order valence-electron chi connectivity index (χ0n) is 14.5. The summed E-state index contributed by atoms with van der Waals surface area (Å²) in [5.74, 6) is 1.03. The van der Waals surface area contributed by atoms with Crippen molar-refractivity contribution in [2.75, 3.05) is 26.2 Å². The third-order valence-corrected chi connectivity index (χ3v) is 7.07. The Bertz CT molecular complexity index is 683. The lowest BCUT2D eigenvalue weighted by atomic mass is 10.0. The Morgan fingerprint density at radius 2 is 1.96 bits per heavy atom. The van der Waals surface area contributed by atoms with Crippen LogP contribution >= 0.6 is 22.7 Å². The minimum absolute atomic E-state index is 0.376.